The quantitative estimate of drug-likeness (QED) is 0.370. The average molecular weight is 506 g/mol. The Labute approximate surface area is 215 Å². The zero-order valence-corrected chi connectivity index (χ0v) is 20.6. The van der Waals surface area contributed by atoms with Crippen LogP contribution in [-0.4, -0.2) is 70.4 Å². The van der Waals surface area contributed by atoms with Crippen molar-refractivity contribution >= 4 is 17.5 Å². The van der Waals surface area contributed by atoms with Gasteiger partial charge in [-0.25, -0.2) is 0 Å². The first-order valence-corrected chi connectivity index (χ1v) is 12.1. The summed E-state index contributed by atoms with van der Waals surface area (Å²) in [5.41, 5.74) is 2.52. The number of aliphatic hydroxyl groups excluding tert-OH is 2. The SMILES string of the molecule is Cc1cccc(Oc2ccc(CNC(=O)[C@H](O)[C@@H](O)C(=O)N3CCN(c4ccccc4O)CC3)cc2)c1. The van der Waals surface area contributed by atoms with Gasteiger partial charge in [0.15, 0.2) is 12.2 Å². The highest BCUT2D eigenvalue weighted by Gasteiger charge is 2.34. The molecule has 0 aliphatic carbocycles. The van der Waals surface area contributed by atoms with Gasteiger partial charge in [-0.05, 0) is 54.4 Å². The molecule has 2 amide bonds. The number of nitrogens with one attached hydrogen (secondary N) is 1. The molecule has 1 aliphatic heterocycles. The number of phenols is 1. The zero-order valence-electron chi connectivity index (χ0n) is 20.6. The fourth-order valence-corrected chi connectivity index (χ4v) is 4.15. The van der Waals surface area contributed by atoms with E-state index in [-0.39, 0.29) is 25.4 Å². The summed E-state index contributed by atoms with van der Waals surface area (Å²) in [5.74, 6) is -0.0272. The molecule has 194 valence electrons. The predicted octanol–water partition coefficient (Wildman–Crippen LogP) is 2.18. The van der Waals surface area contributed by atoms with Crippen LogP contribution in [0.25, 0.3) is 0 Å². The molecule has 0 bridgehead atoms. The second-order valence-electron chi connectivity index (χ2n) is 8.97. The molecule has 1 saturated heterocycles. The number of amides is 2. The van der Waals surface area contributed by atoms with E-state index in [1.54, 1.807) is 42.5 Å². The van der Waals surface area contributed by atoms with Crippen LogP contribution in [0.15, 0.2) is 72.8 Å². The fraction of sp³-hybridized carbons (Fsp3) is 0.286. The van der Waals surface area contributed by atoms with Crippen LogP contribution >= 0.6 is 0 Å². The summed E-state index contributed by atoms with van der Waals surface area (Å²) in [4.78, 5) is 28.4. The summed E-state index contributed by atoms with van der Waals surface area (Å²) in [6, 6.07) is 21.7. The van der Waals surface area contributed by atoms with Gasteiger partial charge in [0.25, 0.3) is 11.8 Å². The largest absolute Gasteiger partial charge is 0.506 e. The lowest BCUT2D eigenvalue weighted by molar-refractivity contribution is -0.153. The number of nitrogens with zero attached hydrogens (tertiary/aromatic N) is 2. The Morgan fingerprint density at radius 3 is 2.27 bits per heavy atom. The Balaban J connectivity index is 1.24. The van der Waals surface area contributed by atoms with Gasteiger partial charge in [-0.15, -0.1) is 0 Å². The average Bonchev–Trinajstić information content (AvgIpc) is 2.91. The standard InChI is InChI=1S/C28H31N3O6/c1-19-5-4-6-22(17-19)37-21-11-9-20(10-12-21)18-29-27(35)25(33)26(34)28(36)31-15-13-30(14-16-31)23-7-2-3-8-24(23)32/h2-12,17,25-26,32-34H,13-16,18H2,1H3,(H,29,35)/t25-,26-/m1/s1. The van der Waals surface area contributed by atoms with Crippen molar-refractivity contribution in [3.05, 3.63) is 83.9 Å². The van der Waals surface area contributed by atoms with Gasteiger partial charge in [-0.3, -0.25) is 9.59 Å². The van der Waals surface area contributed by atoms with Crippen molar-refractivity contribution in [1.29, 1.82) is 0 Å². The summed E-state index contributed by atoms with van der Waals surface area (Å²) in [6.07, 6.45) is -3.77. The monoisotopic (exact) mass is 505 g/mol. The summed E-state index contributed by atoms with van der Waals surface area (Å²) >= 11 is 0. The summed E-state index contributed by atoms with van der Waals surface area (Å²) < 4.78 is 5.81. The molecule has 0 spiro atoms. The molecule has 0 saturated carbocycles. The van der Waals surface area contributed by atoms with Crippen LogP contribution in [0.5, 0.6) is 17.2 Å². The highest BCUT2D eigenvalue weighted by Crippen LogP contribution is 2.27. The molecule has 3 aromatic carbocycles. The van der Waals surface area contributed by atoms with Crippen LogP contribution < -0.4 is 15.0 Å². The van der Waals surface area contributed by atoms with E-state index in [1.165, 1.54) is 4.90 Å². The first-order chi connectivity index (χ1) is 17.8. The number of anilines is 1. The van der Waals surface area contributed by atoms with Crippen molar-refractivity contribution in [3.63, 3.8) is 0 Å². The van der Waals surface area contributed by atoms with Crippen LogP contribution in [0.3, 0.4) is 0 Å². The maximum atomic E-state index is 12.7. The number of carbonyl (C=O) groups excluding carboxylic acids is 2. The first kappa shape index (κ1) is 26.0. The maximum Gasteiger partial charge on any atom is 0.254 e. The Bertz CT molecular complexity index is 1220. The van der Waals surface area contributed by atoms with E-state index in [0.29, 0.717) is 24.5 Å². The van der Waals surface area contributed by atoms with Crippen LogP contribution in [0.4, 0.5) is 5.69 Å². The lowest BCUT2D eigenvalue weighted by atomic mass is 10.1. The van der Waals surface area contributed by atoms with Crippen molar-refractivity contribution in [2.75, 3.05) is 31.1 Å². The van der Waals surface area contributed by atoms with Gasteiger partial charge >= 0.3 is 0 Å². The van der Waals surface area contributed by atoms with Crippen molar-refractivity contribution in [2.24, 2.45) is 0 Å². The maximum absolute atomic E-state index is 12.7. The van der Waals surface area contributed by atoms with E-state index in [0.717, 1.165) is 16.9 Å². The number of aromatic hydroxyl groups is 1. The minimum absolute atomic E-state index is 0.112. The molecule has 1 aliphatic rings. The van der Waals surface area contributed by atoms with E-state index < -0.39 is 24.0 Å². The molecule has 37 heavy (non-hydrogen) atoms. The molecule has 0 radical (unpaired) electrons. The van der Waals surface area contributed by atoms with Gasteiger partial charge < -0.3 is 35.2 Å². The molecule has 4 rings (SSSR count). The van der Waals surface area contributed by atoms with Crippen LogP contribution in [0, 0.1) is 6.92 Å². The predicted molar refractivity (Wildman–Crippen MR) is 138 cm³/mol. The normalized spacial score (nSPS) is 15.1. The molecular formula is C28H31N3O6. The Morgan fingerprint density at radius 2 is 1.59 bits per heavy atom. The second-order valence-corrected chi connectivity index (χ2v) is 8.97. The fourth-order valence-electron chi connectivity index (χ4n) is 4.15. The number of piperazine rings is 1. The number of aryl methyl sites for hydroxylation is 1. The number of hydrogen-bond acceptors (Lipinski definition) is 7. The molecule has 1 fully saturated rings. The number of aliphatic hydroxyl groups is 2. The molecule has 4 N–H and O–H groups in total. The molecule has 0 aromatic heterocycles. The second kappa shape index (κ2) is 11.8. The lowest BCUT2D eigenvalue weighted by Crippen LogP contribution is -2.55. The first-order valence-electron chi connectivity index (χ1n) is 12.1. The molecule has 9 nitrogen and oxygen atoms in total. The molecule has 0 unspecified atom stereocenters. The smallest absolute Gasteiger partial charge is 0.254 e. The van der Waals surface area contributed by atoms with Crippen molar-refractivity contribution in [2.45, 2.75) is 25.7 Å². The van der Waals surface area contributed by atoms with Crippen LogP contribution in [-0.2, 0) is 16.1 Å². The minimum atomic E-state index is -1.90. The molecule has 9 heteroatoms. The summed E-state index contributed by atoms with van der Waals surface area (Å²) in [6.45, 7) is 3.56. The van der Waals surface area contributed by atoms with E-state index in [4.69, 9.17) is 4.74 Å². The summed E-state index contributed by atoms with van der Waals surface area (Å²) in [5, 5.41) is 33.2. The van der Waals surface area contributed by atoms with Gasteiger partial charge in [-0.2, -0.15) is 0 Å². The third-order valence-electron chi connectivity index (χ3n) is 6.25. The van der Waals surface area contributed by atoms with Gasteiger partial charge in [-0.1, -0.05) is 36.4 Å². The number of para-hydroxylation sites is 2. The molecular weight excluding hydrogens is 474 g/mol. The lowest BCUT2D eigenvalue weighted by Gasteiger charge is -2.37. The van der Waals surface area contributed by atoms with Crippen LogP contribution in [0.2, 0.25) is 0 Å². The van der Waals surface area contributed by atoms with Gasteiger partial charge in [0.2, 0.25) is 0 Å². The van der Waals surface area contributed by atoms with Gasteiger partial charge in [0.1, 0.15) is 17.2 Å². The molecule has 3 aromatic rings. The third kappa shape index (κ3) is 6.58. The summed E-state index contributed by atoms with van der Waals surface area (Å²) in [7, 11) is 0. The highest BCUT2D eigenvalue weighted by atomic mass is 16.5. The van der Waals surface area contributed by atoms with E-state index in [2.05, 4.69) is 5.32 Å². The van der Waals surface area contributed by atoms with Crippen molar-refractivity contribution in [3.8, 4) is 17.2 Å². The Kier molecular flexibility index (Phi) is 8.27. The molecule has 1 heterocycles. The number of hydrogen-bond donors (Lipinski definition) is 4. The van der Waals surface area contributed by atoms with Gasteiger partial charge in [0.05, 0.1) is 5.69 Å². The van der Waals surface area contributed by atoms with E-state index >= 15 is 0 Å². The van der Waals surface area contributed by atoms with Crippen molar-refractivity contribution in [1.82, 2.24) is 10.2 Å². The number of rotatable bonds is 8. The topological polar surface area (TPSA) is 123 Å². The number of carbonyl (C=O) groups is 2. The number of ether oxygens (including phenoxy) is 1. The van der Waals surface area contributed by atoms with Gasteiger partial charge in [0, 0.05) is 32.7 Å². The number of phenolic OH excluding ortho intramolecular Hbond substituents is 1. The van der Waals surface area contributed by atoms with Crippen LogP contribution in [0.1, 0.15) is 11.1 Å². The zero-order chi connectivity index (χ0) is 26.4. The van der Waals surface area contributed by atoms with E-state index in [9.17, 15) is 24.9 Å². The third-order valence-corrected chi connectivity index (χ3v) is 6.25. The Morgan fingerprint density at radius 1 is 0.892 bits per heavy atom. The number of benzene rings is 3. The highest BCUT2D eigenvalue weighted by molar-refractivity contribution is 5.90. The minimum Gasteiger partial charge on any atom is -0.506 e. The van der Waals surface area contributed by atoms with Crippen molar-refractivity contribution < 1.29 is 29.6 Å². The Hall–Kier alpha value is -4.08. The van der Waals surface area contributed by atoms with E-state index in [1.807, 2.05) is 42.2 Å². The molecule has 2 atom stereocenters.